The van der Waals surface area contributed by atoms with Crippen molar-refractivity contribution >= 4 is 29.0 Å². The minimum absolute atomic E-state index is 0.0720. The van der Waals surface area contributed by atoms with E-state index >= 15 is 0 Å². The summed E-state index contributed by atoms with van der Waals surface area (Å²) in [5.74, 6) is 0.207. The number of nitrogens with one attached hydrogen (secondary N) is 1. The molecule has 0 bridgehead atoms. The van der Waals surface area contributed by atoms with Crippen molar-refractivity contribution in [1.29, 1.82) is 0 Å². The maximum atomic E-state index is 12.1. The van der Waals surface area contributed by atoms with Gasteiger partial charge in [-0.05, 0) is 24.3 Å². The molecule has 1 fully saturated rings. The molecule has 1 aliphatic rings. The van der Waals surface area contributed by atoms with Crippen LogP contribution in [-0.2, 0) is 16.1 Å². The highest BCUT2D eigenvalue weighted by molar-refractivity contribution is 7.99. The van der Waals surface area contributed by atoms with Gasteiger partial charge in [0.1, 0.15) is 6.33 Å². The zero-order chi connectivity index (χ0) is 17.5. The molecule has 7 nitrogen and oxygen atoms in total. The van der Waals surface area contributed by atoms with Crippen LogP contribution in [0, 0.1) is 0 Å². The van der Waals surface area contributed by atoms with E-state index in [1.807, 2.05) is 28.8 Å². The van der Waals surface area contributed by atoms with E-state index in [4.69, 9.17) is 4.74 Å². The number of morpholine rings is 1. The van der Waals surface area contributed by atoms with Gasteiger partial charge >= 0.3 is 0 Å². The lowest BCUT2D eigenvalue weighted by Crippen LogP contribution is -2.36. The zero-order valence-electron chi connectivity index (χ0n) is 13.9. The van der Waals surface area contributed by atoms with Crippen molar-refractivity contribution in [3.05, 3.63) is 43.2 Å². The molecule has 25 heavy (non-hydrogen) atoms. The predicted octanol–water partition coefficient (Wildman–Crippen LogP) is 2.03. The number of hydrogen-bond donors (Lipinski definition) is 1. The van der Waals surface area contributed by atoms with E-state index in [9.17, 15) is 4.79 Å². The summed E-state index contributed by atoms with van der Waals surface area (Å²) in [7, 11) is 0. The first kappa shape index (κ1) is 17.5. The average Bonchev–Trinajstić information content (AvgIpc) is 3.09. The Morgan fingerprint density at radius 3 is 2.80 bits per heavy atom. The largest absolute Gasteiger partial charge is 0.378 e. The van der Waals surface area contributed by atoms with Crippen LogP contribution in [0.15, 0.2) is 48.4 Å². The number of allylic oxidation sites excluding steroid dienone is 1. The molecule has 0 aliphatic carbocycles. The Labute approximate surface area is 151 Å². The maximum absolute atomic E-state index is 12.1. The summed E-state index contributed by atoms with van der Waals surface area (Å²) < 4.78 is 7.21. The van der Waals surface area contributed by atoms with Crippen LogP contribution in [0.2, 0.25) is 0 Å². The van der Waals surface area contributed by atoms with Gasteiger partial charge in [0.25, 0.3) is 0 Å². The molecule has 0 radical (unpaired) electrons. The molecule has 0 saturated carbocycles. The molecule has 2 aromatic rings. The Kier molecular flexibility index (Phi) is 6.08. The van der Waals surface area contributed by atoms with E-state index in [1.54, 1.807) is 12.4 Å². The number of amides is 1. The molecule has 3 rings (SSSR count). The number of thioether (sulfide) groups is 1. The Morgan fingerprint density at radius 2 is 2.08 bits per heavy atom. The van der Waals surface area contributed by atoms with Crippen LogP contribution >= 0.6 is 11.8 Å². The number of anilines is 2. The van der Waals surface area contributed by atoms with Gasteiger partial charge in [-0.3, -0.25) is 4.79 Å². The molecule has 1 aliphatic heterocycles. The van der Waals surface area contributed by atoms with Crippen molar-refractivity contribution in [2.24, 2.45) is 0 Å². The molecular formula is C17H21N5O2S. The van der Waals surface area contributed by atoms with E-state index in [0.717, 1.165) is 37.7 Å². The molecular weight excluding hydrogens is 338 g/mol. The third-order valence-electron chi connectivity index (χ3n) is 3.77. The Balaban J connectivity index is 1.50. The van der Waals surface area contributed by atoms with Crippen molar-refractivity contribution in [2.45, 2.75) is 11.7 Å². The van der Waals surface area contributed by atoms with Crippen molar-refractivity contribution < 1.29 is 9.53 Å². The molecule has 132 valence electrons. The van der Waals surface area contributed by atoms with Crippen LogP contribution in [0.1, 0.15) is 0 Å². The number of nitrogens with zero attached hydrogens (tertiary/aromatic N) is 4. The molecule has 2 heterocycles. The summed E-state index contributed by atoms with van der Waals surface area (Å²) in [4.78, 5) is 14.4. The molecule has 1 aromatic heterocycles. The quantitative estimate of drug-likeness (QED) is 0.602. The number of aromatic nitrogens is 3. The molecule has 8 heteroatoms. The Bertz CT molecular complexity index is 710. The van der Waals surface area contributed by atoms with Gasteiger partial charge in [0.2, 0.25) is 5.91 Å². The first-order chi connectivity index (χ1) is 12.3. The summed E-state index contributed by atoms with van der Waals surface area (Å²) >= 11 is 1.35. The molecule has 1 N–H and O–H groups in total. The van der Waals surface area contributed by atoms with Crippen LogP contribution in [0.4, 0.5) is 11.4 Å². The van der Waals surface area contributed by atoms with E-state index in [2.05, 4.69) is 27.0 Å². The second-order valence-electron chi connectivity index (χ2n) is 5.54. The summed E-state index contributed by atoms with van der Waals surface area (Å²) in [5, 5.41) is 11.5. The monoisotopic (exact) mass is 359 g/mol. The number of hydrogen-bond acceptors (Lipinski definition) is 6. The molecule has 1 saturated heterocycles. The maximum Gasteiger partial charge on any atom is 0.234 e. The highest BCUT2D eigenvalue weighted by atomic mass is 32.2. The lowest BCUT2D eigenvalue weighted by Gasteiger charge is -2.28. The van der Waals surface area contributed by atoms with E-state index in [-0.39, 0.29) is 11.7 Å². The predicted molar refractivity (Wildman–Crippen MR) is 99.0 cm³/mol. The Morgan fingerprint density at radius 1 is 1.32 bits per heavy atom. The van der Waals surface area contributed by atoms with Crippen molar-refractivity contribution in [1.82, 2.24) is 14.8 Å². The molecule has 1 aromatic carbocycles. The summed E-state index contributed by atoms with van der Waals surface area (Å²) in [5.41, 5.74) is 1.93. The molecule has 0 atom stereocenters. The molecule has 0 unspecified atom stereocenters. The fraction of sp³-hybridized carbons (Fsp3) is 0.353. The van der Waals surface area contributed by atoms with Crippen LogP contribution in [0.25, 0.3) is 0 Å². The van der Waals surface area contributed by atoms with E-state index < -0.39 is 0 Å². The van der Waals surface area contributed by atoms with E-state index in [1.165, 1.54) is 11.8 Å². The summed E-state index contributed by atoms with van der Waals surface area (Å²) in [6.45, 7) is 7.62. The van der Waals surface area contributed by atoms with Gasteiger partial charge in [0.05, 0.1) is 19.0 Å². The fourth-order valence-corrected chi connectivity index (χ4v) is 3.25. The first-order valence-corrected chi connectivity index (χ1v) is 9.09. The number of benzene rings is 1. The number of ether oxygens (including phenoxy) is 1. The lowest BCUT2D eigenvalue weighted by molar-refractivity contribution is -0.113. The smallest absolute Gasteiger partial charge is 0.234 e. The SMILES string of the molecule is C=CCn1cnnc1SCC(=O)Nc1ccc(N2CCOCC2)cc1. The molecule has 1 amide bonds. The lowest BCUT2D eigenvalue weighted by atomic mass is 10.2. The van der Waals surface area contributed by atoms with Gasteiger partial charge in [-0.25, -0.2) is 0 Å². The minimum Gasteiger partial charge on any atom is -0.378 e. The van der Waals surface area contributed by atoms with Crippen molar-refractivity contribution in [3.8, 4) is 0 Å². The second kappa shape index (κ2) is 8.68. The fourth-order valence-electron chi connectivity index (χ4n) is 2.52. The van der Waals surface area contributed by atoms with Gasteiger partial charge in [-0.2, -0.15) is 0 Å². The number of rotatable bonds is 7. The summed E-state index contributed by atoms with van der Waals surface area (Å²) in [6.07, 6.45) is 3.40. The highest BCUT2D eigenvalue weighted by Crippen LogP contribution is 2.20. The average molecular weight is 359 g/mol. The minimum atomic E-state index is -0.0720. The van der Waals surface area contributed by atoms with Gasteiger partial charge < -0.3 is 19.5 Å². The van der Waals surface area contributed by atoms with Crippen LogP contribution in [0.3, 0.4) is 0 Å². The first-order valence-electron chi connectivity index (χ1n) is 8.10. The molecule has 0 spiro atoms. The Hall–Kier alpha value is -2.32. The third kappa shape index (κ3) is 4.83. The van der Waals surface area contributed by atoms with Crippen LogP contribution in [0.5, 0.6) is 0 Å². The van der Waals surface area contributed by atoms with Gasteiger partial charge in [0, 0.05) is 31.0 Å². The van der Waals surface area contributed by atoms with Crippen molar-refractivity contribution in [2.75, 3.05) is 42.3 Å². The van der Waals surface area contributed by atoms with Gasteiger partial charge in [0.15, 0.2) is 5.16 Å². The normalized spacial score (nSPS) is 14.3. The number of carbonyl (C=O) groups excluding carboxylic acids is 1. The van der Waals surface area contributed by atoms with Crippen LogP contribution < -0.4 is 10.2 Å². The standard InChI is InChI=1S/C17H21N5O2S/c1-2-7-22-13-18-20-17(22)25-12-16(23)19-14-3-5-15(6-4-14)21-8-10-24-11-9-21/h2-6,13H,1,7-12H2,(H,19,23). The third-order valence-corrected chi connectivity index (χ3v) is 4.75. The second-order valence-corrected chi connectivity index (χ2v) is 6.48. The number of carbonyl (C=O) groups is 1. The topological polar surface area (TPSA) is 72.3 Å². The highest BCUT2D eigenvalue weighted by Gasteiger charge is 2.12. The van der Waals surface area contributed by atoms with Crippen molar-refractivity contribution in [3.63, 3.8) is 0 Å². The van der Waals surface area contributed by atoms with E-state index in [0.29, 0.717) is 11.7 Å². The zero-order valence-corrected chi connectivity index (χ0v) is 14.7. The van der Waals surface area contributed by atoms with Crippen LogP contribution in [-0.4, -0.2) is 52.7 Å². The van der Waals surface area contributed by atoms with Gasteiger partial charge in [-0.15, -0.1) is 16.8 Å². The van der Waals surface area contributed by atoms with Gasteiger partial charge in [-0.1, -0.05) is 17.8 Å². The summed E-state index contributed by atoms with van der Waals surface area (Å²) in [6, 6.07) is 7.89.